The monoisotopic (exact) mass is 369 g/mol. The van der Waals surface area contributed by atoms with E-state index in [0.717, 1.165) is 32.1 Å². The number of hydrogen-bond donors (Lipinski definition) is 0. The Labute approximate surface area is 152 Å². The van der Waals surface area contributed by atoms with Crippen LogP contribution in [-0.2, 0) is 16.1 Å². The summed E-state index contributed by atoms with van der Waals surface area (Å²) in [7, 11) is 0. The fourth-order valence-corrected chi connectivity index (χ4v) is 4.92. The van der Waals surface area contributed by atoms with Gasteiger partial charge in [0.15, 0.2) is 0 Å². The number of halogens is 2. The lowest BCUT2D eigenvalue weighted by Crippen LogP contribution is -2.45. The number of carbonyl (C=O) groups excluding carboxylic acids is 2. The van der Waals surface area contributed by atoms with E-state index in [0.29, 0.717) is 16.5 Å². The van der Waals surface area contributed by atoms with Gasteiger partial charge in [-0.15, -0.1) is 5.06 Å². The van der Waals surface area contributed by atoms with Crippen LogP contribution in [0, 0.1) is 5.92 Å². The van der Waals surface area contributed by atoms with Crippen LogP contribution in [0.3, 0.4) is 0 Å². The Kier molecular flexibility index (Phi) is 5.19. The van der Waals surface area contributed by atoms with Crippen LogP contribution < -0.4 is 0 Å². The molecule has 6 heteroatoms. The van der Waals surface area contributed by atoms with Gasteiger partial charge in [-0.25, -0.2) is 4.79 Å². The summed E-state index contributed by atoms with van der Waals surface area (Å²) in [6.45, 7) is 2.92. The topological polar surface area (TPSA) is 46.6 Å². The van der Waals surface area contributed by atoms with Crippen LogP contribution in [0.25, 0.3) is 0 Å². The predicted octanol–water partition coefficient (Wildman–Crippen LogP) is 4.46. The highest BCUT2D eigenvalue weighted by molar-refractivity contribution is 6.38. The van der Waals surface area contributed by atoms with Crippen LogP contribution in [0.5, 0.6) is 0 Å². The Morgan fingerprint density at radius 2 is 2.21 bits per heavy atom. The van der Waals surface area contributed by atoms with E-state index >= 15 is 0 Å². The zero-order valence-electron chi connectivity index (χ0n) is 13.7. The molecule has 1 heterocycles. The molecular formula is C18H21Cl2NO3. The standard InChI is InChI=1S/C18H21Cl2NO3/c1-2-18-9-3-4-12(18)7-10-21(18)24-17(23)14-5-6-15(19)13(8-11-22)16(14)20/h5-6,11-12H,2-4,7-10H2,1H3. The van der Waals surface area contributed by atoms with Crippen molar-refractivity contribution in [1.82, 2.24) is 5.06 Å². The minimum Gasteiger partial charge on any atom is -0.363 e. The van der Waals surface area contributed by atoms with Crippen molar-refractivity contribution in [1.29, 1.82) is 0 Å². The first-order chi connectivity index (χ1) is 11.5. The number of benzene rings is 1. The third kappa shape index (κ3) is 2.85. The Balaban J connectivity index is 1.83. The van der Waals surface area contributed by atoms with Crippen molar-refractivity contribution in [3.05, 3.63) is 33.3 Å². The number of hydrogen-bond acceptors (Lipinski definition) is 4. The zero-order valence-corrected chi connectivity index (χ0v) is 15.2. The van der Waals surface area contributed by atoms with Gasteiger partial charge in [-0.2, -0.15) is 0 Å². The number of rotatable bonds is 5. The van der Waals surface area contributed by atoms with Gasteiger partial charge in [0.05, 0.1) is 16.1 Å². The van der Waals surface area contributed by atoms with E-state index in [9.17, 15) is 9.59 Å². The Morgan fingerprint density at radius 1 is 1.42 bits per heavy atom. The van der Waals surface area contributed by atoms with E-state index in [1.165, 1.54) is 12.8 Å². The van der Waals surface area contributed by atoms with E-state index in [-0.39, 0.29) is 22.5 Å². The first-order valence-electron chi connectivity index (χ1n) is 8.44. The first-order valence-corrected chi connectivity index (χ1v) is 9.19. The highest BCUT2D eigenvalue weighted by atomic mass is 35.5. The third-order valence-electron chi connectivity index (χ3n) is 5.60. The molecule has 0 spiro atoms. The maximum Gasteiger partial charge on any atom is 0.358 e. The van der Waals surface area contributed by atoms with Crippen LogP contribution in [0.4, 0.5) is 0 Å². The second-order valence-corrected chi connectivity index (χ2v) is 7.36. The molecule has 3 rings (SSSR count). The highest BCUT2D eigenvalue weighted by Crippen LogP contribution is 2.49. The van der Waals surface area contributed by atoms with Gasteiger partial charge >= 0.3 is 5.97 Å². The lowest BCUT2D eigenvalue weighted by atomic mass is 9.86. The molecule has 24 heavy (non-hydrogen) atoms. The quantitative estimate of drug-likeness (QED) is 0.718. The number of fused-ring (bicyclic) bond motifs is 1. The summed E-state index contributed by atoms with van der Waals surface area (Å²) < 4.78 is 0. The van der Waals surface area contributed by atoms with Crippen LogP contribution in [0.1, 0.15) is 54.9 Å². The number of aldehydes is 1. The number of nitrogens with zero attached hydrogens (tertiary/aromatic N) is 1. The van der Waals surface area contributed by atoms with Gasteiger partial charge in [-0.05, 0) is 49.3 Å². The zero-order chi connectivity index (χ0) is 17.3. The van der Waals surface area contributed by atoms with Crippen LogP contribution in [0.15, 0.2) is 12.1 Å². The lowest BCUT2D eigenvalue weighted by Gasteiger charge is -2.36. The van der Waals surface area contributed by atoms with Gasteiger partial charge in [-0.1, -0.05) is 36.5 Å². The minimum absolute atomic E-state index is 0.0276. The summed E-state index contributed by atoms with van der Waals surface area (Å²) in [5.41, 5.74) is 0.693. The van der Waals surface area contributed by atoms with Crippen molar-refractivity contribution in [2.75, 3.05) is 6.54 Å². The number of carbonyl (C=O) groups is 2. The molecule has 1 aliphatic heterocycles. The van der Waals surface area contributed by atoms with E-state index < -0.39 is 5.97 Å². The van der Waals surface area contributed by atoms with Crippen LogP contribution in [0.2, 0.25) is 10.0 Å². The summed E-state index contributed by atoms with van der Waals surface area (Å²) in [5, 5.41) is 2.45. The third-order valence-corrected chi connectivity index (χ3v) is 6.38. The van der Waals surface area contributed by atoms with Crippen molar-refractivity contribution in [2.24, 2.45) is 5.92 Å². The summed E-state index contributed by atoms with van der Waals surface area (Å²) >= 11 is 12.4. The average Bonchev–Trinajstić information content (AvgIpc) is 3.11. The molecule has 2 aliphatic rings. The molecule has 1 aliphatic carbocycles. The van der Waals surface area contributed by atoms with E-state index in [1.54, 1.807) is 12.1 Å². The van der Waals surface area contributed by atoms with Gasteiger partial charge < -0.3 is 9.63 Å². The molecule has 2 atom stereocenters. The molecule has 0 radical (unpaired) electrons. The smallest absolute Gasteiger partial charge is 0.358 e. The van der Waals surface area contributed by atoms with Gasteiger partial charge in [0.2, 0.25) is 0 Å². The van der Waals surface area contributed by atoms with Crippen LogP contribution in [-0.4, -0.2) is 29.4 Å². The van der Waals surface area contributed by atoms with Crippen molar-refractivity contribution >= 4 is 35.5 Å². The molecule has 0 amide bonds. The van der Waals surface area contributed by atoms with Gasteiger partial charge in [0.1, 0.15) is 6.29 Å². The van der Waals surface area contributed by atoms with Crippen molar-refractivity contribution in [3.8, 4) is 0 Å². The molecule has 0 bridgehead atoms. The molecule has 2 unspecified atom stereocenters. The molecule has 1 aromatic carbocycles. The largest absolute Gasteiger partial charge is 0.363 e. The second-order valence-electron chi connectivity index (χ2n) is 6.57. The maximum absolute atomic E-state index is 12.7. The molecular weight excluding hydrogens is 349 g/mol. The average molecular weight is 370 g/mol. The molecule has 2 fully saturated rings. The minimum atomic E-state index is -0.482. The first kappa shape index (κ1) is 17.7. The van der Waals surface area contributed by atoms with Crippen molar-refractivity contribution < 1.29 is 14.4 Å². The van der Waals surface area contributed by atoms with Gasteiger partial charge in [0.25, 0.3) is 0 Å². The fraction of sp³-hybridized carbons (Fsp3) is 0.556. The van der Waals surface area contributed by atoms with Crippen molar-refractivity contribution in [3.63, 3.8) is 0 Å². The summed E-state index contributed by atoms with van der Waals surface area (Å²) in [4.78, 5) is 29.2. The van der Waals surface area contributed by atoms with Gasteiger partial charge in [-0.3, -0.25) is 0 Å². The molecule has 130 valence electrons. The molecule has 0 N–H and O–H groups in total. The molecule has 0 aromatic heterocycles. The lowest BCUT2D eigenvalue weighted by molar-refractivity contribution is -0.162. The van der Waals surface area contributed by atoms with Crippen LogP contribution >= 0.6 is 23.2 Å². The summed E-state index contributed by atoms with van der Waals surface area (Å²) in [6, 6.07) is 3.14. The van der Waals surface area contributed by atoms with E-state index in [1.807, 2.05) is 5.06 Å². The molecule has 4 nitrogen and oxygen atoms in total. The Bertz CT molecular complexity index is 664. The number of hydroxylamine groups is 2. The maximum atomic E-state index is 12.7. The molecule has 1 saturated carbocycles. The molecule has 1 saturated heterocycles. The van der Waals surface area contributed by atoms with E-state index in [4.69, 9.17) is 28.0 Å². The fourth-order valence-electron chi connectivity index (χ4n) is 4.32. The van der Waals surface area contributed by atoms with E-state index in [2.05, 4.69) is 6.92 Å². The Morgan fingerprint density at radius 3 is 2.92 bits per heavy atom. The van der Waals surface area contributed by atoms with Crippen molar-refractivity contribution in [2.45, 2.75) is 51.0 Å². The van der Waals surface area contributed by atoms with Gasteiger partial charge in [0, 0.05) is 18.0 Å². The summed E-state index contributed by atoms with van der Waals surface area (Å²) in [5.74, 6) is 0.116. The Hall–Kier alpha value is -1.10. The molecule has 1 aromatic rings. The second kappa shape index (κ2) is 7.03. The summed E-state index contributed by atoms with van der Waals surface area (Å²) in [6.07, 6.45) is 6.26. The predicted molar refractivity (Wildman–Crippen MR) is 93.3 cm³/mol. The normalized spacial score (nSPS) is 26.4. The highest BCUT2D eigenvalue weighted by Gasteiger charge is 2.52. The SMILES string of the molecule is CCC12CCCC1CCN2OC(=O)c1ccc(Cl)c(CC=O)c1Cl.